The lowest BCUT2D eigenvalue weighted by molar-refractivity contribution is 0.340. The predicted molar refractivity (Wildman–Crippen MR) is 75.4 cm³/mol. The van der Waals surface area contributed by atoms with Gasteiger partial charge in [-0.1, -0.05) is 19.1 Å². The molecule has 0 amide bonds. The number of aromatic nitrogens is 2. The van der Waals surface area contributed by atoms with Gasteiger partial charge in [0, 0.05) is 5.56 Å². The second-order valence-corrected chi connectivity index (χ2v) is 4.26. The molecule has 0 aliphatic heterocycles. The Morgan fingerprint density at radius 3 is 2.56 bits per heavy atom. The number of ether oxygens (including phenoxy) is 1. The van der Waals surface area contributed by atoms with Crippen molar-refractivity contribution in [3.05, 3.63) is 40.8 Å². The summed E-state index contributed by atoms with van der Waals surface area (Å²) in [6.45, 7) is 4.74. The van der Waals surface area contributed by atoms with Gasteiger partial charge in [-0.15, -0.1) is 0 Å². The van der Waals surface area contributed by atoms with Gasteiger partial charge >= 0.3 is 0 Å². The molecule has 1 heterocycles. The molecule has 0 aliphatic carbocycles. The fraction of sp³-hybridized carbons (Fsp3) is 0.286. The van der Waals surface area contributed by atoms with Crippen LogP contribution in [0.25, 0.3) is 11.3 Å². The van der Waals surface area contributed by atoms with Gasteiger partial charge in [0.15, 0.2) is 0 Å². The van der Waals surface area contributed by atoms with Crippen LogP contribution in [-0.2, 0) is 6.42 Å². The van der Waals surface area contributed by atoms with Crippen LogP contribution in [0.4, 0.5) is 0 Å². The van der Waals surface area contributed by atoms with Gasteiger partial charge in [-0.2, -0.15) is 0 Å². The van der Waals surface area contributed by atoms with Crippen LogP contribution < -0.4 is 4.74 Å². The smallest absolute Gasteiger partial charge is 0.133 e. The van der Waals surface area contributed by atoms with E-state index in [2.05, 4.69) is 16.9 Å². The highest BCUT2D eigenvalue weighted by atomic mass is 32.1. The van der Waals surface area contributed by atoms with Crippen LogP contribution in [0.2, 0.25) is 0 Å². The number of nitrogens with zero attached hydrogens (tertiary/aromatic N) is 1. The molecule has 18 heavy (non-hydrogen) atoms. The Labute approximate surface area is 112 Å². The summed E-state index contributed by atoms with van der Waals surface area (Å²) in [4.78, 5) is 7.30. The summed E-state index contributed by atoms with van der Waals surface area (Å²) in [6, 6.07) is 8.00. The van der Waals surface area contributed by atoms with E-state index in [0.29, 0.717) is 11.2 Å². The molecule has 0 fully saturated rings. The Hall–Kier alpha value is -1.68. The van der Waals surface area contributed by atoms with E-state index in [1.54, 1.807) is 6.33 Å². The summed E-state index contributed by atoms with van der Waals surface area (Å²) in [5.41, 5.74) is 3.22. The maximum atomic E-state index is 5.43. The van der Waals surface area contributed by atoms with Crippen LogP contribution in [0, 0.1) is 4.64 Å². The van der Waals surface area contributed by atoms with E-state index >= 15 is 0 Å². The maximum absolute atomic E-state index is 5.43. The quantitative estimate of drug-likeness (QED) is 0.850. The summed E-state index contributed by atoms with van der Waals surface area (Å²) < 4.78 is 6.10. The first-order valence-corrected chi connectivity index (χ1v) is 6.46. The Bertz CT molecular complexity index is 575. The van der Waals surface area contributed by atoms with E-state index < -0.39 is 0 Å². The molecule has 0 atom stereocenters. The number of benzene rings is 1. The van der Waals surface area contributed by atoms with E-state index in [0.717, 1.165) is 29.0 Å². The minimum absolute atomic E-state index is 0.667. The SMILES string of the molecule is CCOc1ccc(-c2[nH]cnc(=S)c2CC)cc1. The fourth-order valence-corrected chi connectivity index (χ4v) is 2.20. The molecular formula is C14H16N2OS. The van der Waals surface area contributed by atoms with Crippen molar-refractivity contribution in [2.45, 2.75) is 20.3 Å². The number of rotatable bonds is 4. The van der Waals surface area contributed by atoms with E-state index in [4.69, 9.17) is 17.0 Å². The number of aromatic amines is 1. The predicted octanol–water partition coefficient (Wildman–Crippen LogP) is 3.77. The molecule has 0 saturated heterocycles. The van der Waals surface area contributed by atoms with Crippen LogP contribution >= 0.6 is 12.2 Å². The van der Waals surface area contributed by atoms with Gasteiger partial charge in [0.05, 0.1) is 18.6 Å². The van der Waals surface area contributed by atoms with Gasteiger partial charge in [-0.3, -0.25) is 0 Å². The van der Waals surface area contributed by atoms with Crippen LogP contribution in [0.1, 0.15) is 19.4 Å². The maximum Gasteiger partial charge on any atom is 0.133 e. The summed E-state index contributed by atoms with van der Waals surface area (Å²) in [5, 5.41) is 0. The van der Waals surface area contributed by atoms with Gasteiger partial charge in [0.25, 0.3) is 0 Å². The highest BCUT2D eigenvalue weighted by molar-refractivity contribution is 7.71. The molecule has 1 aromatic carbocycles. The Kier molecular flexibility index (Phi) is 4.10. The molecule has 0 spiro atoms. The molecule has 1 N–H and O–H groups in total. The van der Waals surface area contributed by atoms with E-state index in [9.17, 15) is 0 Å². The third-order valence-electron chi connectivity index (χ3n) is 2.76. The second kappa shape index (κ2) is 5.78. The van der Waals surface area contributed by atoms with Gasteiger partial charge in [0.1, 0.15) is 10.4 Å². The zero-order valence-corrected chi connectivity index (χ0v) is 11.4. The molecule has 0 unspecified atom stereocenters. The zero-order chi connectivity index (χ0) is 13.0. The summed E-state index contributed by atoms with van der Waals surface area (Å²) in [5.74, 6) is 0.881. The van der Waals surface area contributed by atoms with Crippen molar-refractivity contribution in [3.63, 3.8) is 0 Å². The van der Waals surface area contributed by atoms with Gasteiger partial charge in [-0.25, -0.2) is 4.98 Å². The largest absolute Gasteiger partial charge is 0.494 e. The molecular weight excluding hydrogens is 244 g/mol. The molecule has 3 nitrogen and oxygen atoms in total. The van der Waals surface area contributed by atoms with Crippen molar-refractivity contribution in [1.29, 1.82) is 0 Å². The molecule has 0 bridgehead atoms. The summed E-state index contributed by atoms with van der Waals surface area (Å²) in [7, 11) is 0. The molecule has 94 valence electrons. The number of hydrogen-bond acceptors (Lipinski definition) is 3. The molecule has 4 heteroatoms. The van der Waals surface area contributed by atoms with Crippen LogP contribution in [-0.4, -0.2) is 16.6 Å². The lowest BCUT2D eigenvalue weighted by Gasteiger charge is -2.09. The number of hydrogen-bond donors (Lipinski definition) is 1. The van der Waals surface area contributed by atoms with Gasteiger partial charge in [0.2, 0.25) is 0 Å². The van der Waals surface area contributed by atoms with Crippen molar-refractivity contribution in [2.75, 3.05) is 6.61 Å². The molecule has 0 saturated carbocycles. The van der Waals surface area contributed by atoms with Crippen molar-refractivity contribution >= 4 is 12.2 Å². The average molecular weight is 260 g/mol. The molecule has 2 aromatic rings. The Morgan fingerprint density at radius 2 is 1.94 bits per heavy atom. The third kappa shape index (κ3) is 2.59. The van der Waals surface area contributed by atoms with Crippen molar-refractivity contribution in [1.82, 2.24) is 9.97 Å². The highest BCUT2D eigenvalue weighted by Crippen LogP contribution is 2.24. The lowest BCUT2D eigenvalue weighted by atomic mass is 10.1. The molecule has 2 rings (SSSR count). The van der Waals surface area contributed by atoms with E-state index in [1.807, 2.05) is 31.2 Å². The normalized spacial score (nSPS) is 10.3. The van der Waals surface area contributed by atoms with Crippen LogP contribution in [0.5, 0.6) is 5.75 Å². The van der Waals surface area contributed by atoms with Crippen molar-refractivity contribution in [3.8, 4) is 17.0 Å². The van der Waals surface area contributed by atoms with Crippen LogP contribution in [0.3, 0.4) is 0 Å². The van der Waals surface area contributed by atoms with Gasteiger partial charge < -0.3 is 9.72 Å². The lowest BCUT2D eigenvalue weighted by Crippen LogP contribution is -1.96. The highest BCUT2D eigenvalue weighted by Gasteiger charge is 2.06. The monoisotopic (exact) mass is 260 g/mol. The van der Waals surface area contributed by atoms with Crippen molar-refractivity contribution < 1.29 is 4.74 Å². The minimum atomic E-state index is 0.667. The third-order valence-corrected chi connectivity index (χ3v) is 3.11. The van der Waals surface area contributed by atoms with E-state index in [1.165, 1.54) is 0 Å². The molecule has 1 aromatic heterocycles. The first-order chi connectivity index (χ1) is 8.76. The zero-order valence-electron chi connectivity index (χ0n) is 10.6. The van der Waals surface area contributed by atoms with E-state index in [-0.39, 0.29) is 0 Å². The van der Waals surface area contributed by atoms with Crippen molar-refractivity contribution in [2.24, 2.45) is 0 Å². The summed E-state index contributed by atoms with van der Waals surface area (Å²) >= 11 is 5.25. The molecule has 0 aliphatic rings. The van der Waals surface area contributed by atoms with Crippen LogP contribution in [0.15, 0.2) is 30.6 Å². The fourth-order valence-electron chi connectivity index (χ4n) is 1.90. The average Bonchev–Trinajstić information content (AvgIpc) is 2.40. The topological polar surface area (TPSA) is 37.9 Å². The number of H-pyrrole nitrogens is 1. The summed E-state index contributed by atoms with van der Waals surface area (Å²) in [6.07, 6.45) is 2.51. The number of nitrogens with one attached hydrogen (secondary N) is 1. The van der Waals surface area contributed by atoms with Gasteiger partial charge in [-0.05, 0) is 43.2 Å². The molecule has 0 radical (unpaired) electrons. The second-order valence-electron chi connectivity index (χ2n) is 3.87. The minimum Gasteiger partial charge on any atom is -0.494 e. The Morgan fingerprint density at radius 1 is 1.22 bits per heavy atom. The Balaban J connectivity index is 2.42. The standard InChI is InChI=1S/C14H16N2OS/c1-3-12-13(15-9-16-14(12)18)10-5-7-11(8-6-10)17-4-2/h5-9H,3-4H2,1-2H3,(H,15,16,18). The first kappa shape index (κ1) is 12.8. The first-order valence-electron chi connectivity index (χ1n) is 6.06.